The minimum atomic E-state index is -0.395. The Morgan fingerprint density at radius 2 is 1.80 bits per heavy atom. The molecule has 96 valence electrons. The van der Waals surface area contributed by atoms with Crippen LogP contribution in [0.4, 0.5) is 0 Å². The van der Waals surface area contributed by atoms with Gasteiger partial charge in [-0.25, -0.2) is 9.78 Å². The summed E-state index contributed by atoms with van der Waals surface area (Å²) in [5.41, 5.74) is 1.84. The van der Waals surface area contributed by atoms with Crippen molar-refractivity contribution in [3.05, 3.63) is 59.1 Å². The number of hydrogen-bond acceptors (Lipinski definition) is 3. The third-order valence-corrected chi connectivity index (χ3v) is 3.31. The van der Waals surface area contributed by atoms with Crippen LogP contribution in [-0.2, 0) is 0 Å². The number of nitrogens with zero attached hydrogens (tertiary/aromatic N) is 2. The largest absolute Gasteiger partial charge is 0.346 e. The fraction of sp³-hybridized carbons (Fsp3) is 0. The molecule has 0 saturated heterocycles. The van der Waals surface area contributed by atoms with E-state index in [1.807, 2.05) is 24.3 Å². The van der Waals surface area contributed by atoms with E-state index in [9.17, 15) is 4.79 Å². The van der Waals surface area contributed by atoms with E-state index in [1.165, 1.54) is 6.20 Å². The molecule has 2 aromatic heterocycles. The summed E-state index contributed by atoms with van der Waals surface area (Å²) in [6, 6.07) is 14.2. The number of H-pyrrole nitrogens is 2. The van der Waals surface area contributed by atoms with Crippen LogP contribution < -0.4 is 5.69 Å². The SMILES string of the molecule is O=c1ncc2[nH]c(-c3cccc4ccccc34)nc2[nH]1. The van der Waals surface area contributed by atoms with Gasteiger partial charge in [0.25, 0.3) is 0 Å². The minimum Gasteiger partial charge on any atom is -0.335 e. The number of rotatable bonds is 1. The smallest absolute Gasteiger partial charge is 0.335 e. The maximum atomic E-state index is 11.2. The van der Waals surface area contributed by atoms with E-state index in [4.69, 9.17) is 0 Å². The van der Waals surface area contributed by atoms with Crippen molar-refractivity contribution in [2.75, 3.05) is 0 Å². The summed E-state index contributed by atoms with van der Waals surface area (Å²) in [5, 5.41) is 2.27. The molecular weight excluding hydrogens is 252 g/mol. The van der Waals surface area contributed by atoms with Crippen molar-refractivity contribution in [3.63, 3.8) is 0 Å². The van der Waals surface area contributed by atoms with Gasteiger partial charge in [0.15, 0.2) is 5.65 Å². The molecular formula is C15H10N4O. The second kappa shape index (κ2) is 4.03. The van der Waals surface area contributed by atoms with Gasteiger partial charge in [0.2, 0.25) is 0 Å². The molecule has 4 aromatic rings. The lowest BCUT2D eigenvalue weighted by Gasteiger charge is -2.02. The van der Waals surface area contributed by atoms with Crippen molar-refractivity contribution in [2.45, 2.75) is 0 Å². The van der Waals surface area contributed by atoms with Crippen LogP contribution in [0.2, 0.25) is 0 Å². The van der Waals surface area contributed by atoms with Crippen LogP contribution >= 0.6 is 0 Å². The Bertz CT molecular complexity index is 978. The Hall–Kier alpha value is -2.95. The van der Waals surface area contributed by atoms with Gasteiger partial charge in [-0.2, -0.15) is 4.98 Å². The number of aromatic amines is 2. The zero-order valence-corrected chi connectivity index (χ0v) is 10.4. The molecule has 0 aliphatic rings. The third-order valence-electron chi connectivity index (χ3n) is 3.31. The van der Waals surface area contributed by atoms with Gasteiger partial charge in [0.1, 0.15) is 11.3 Å². The Labute approximate surface area is 113 Å². The van der Waals surface area contributed by atoms with Crippen LogP contribution in [-0.4, -0.2) is 19.9 Å². The standard InChI is InChI=1S/C15H10N4O/c20-15-16-8-12-14(19-15)18-13(17-12)11-7-3-5-9-4-1-2-6-10(9)11/h1-8H,(H2,16,17,18,19,20). The zero-order chi connectivity index (χ0) is 13.5. The van der Waals surface area contributed by atoms with E-state index >= 15 is 0 Å². The first-order valence-electron chi connectivity index (χ1n) is 6.24. The maximum absolute atomic E-state index is 11.2. The van der Waals surface area contributed by atoms with E-state index in [1.54, 1.807) is 0 Å². The number of nitrogens with one attached hydrogen (secondary N) is 2. The van der Waals surface area contributed by atoms with Gasteiger partial charge in [0, 0.05) is 5.56 Å². The van der Waals surface area contributed by atoms with Crippen molar-refractivity contribution in [2.24, 2.45) is 0 Å². The Kier molecular flexibility index (Phi) is 2.20. The van der Waals surface area contributed by atoms with Gasteiger partial charge in [-0.05, 0) is 10.8 Å². The van der Waals surface area contributed by atoms with Crippen molar-refractivity contribution in [1.29, 1.82) is 0 Å². The van der Waals surface area contributed by atoms with Crippen molar-refractivity contribution in [3.8, 4) is 11.4 Å². The average Bonchev–Trinajstić information content (AvgIpc) is 2.89. The fourth-order valence-electron chi connectivity index (χ4n) is 2.39. The Morgan fingerprint density at radius 3 is 2.75 bits per heavy atom. The van der Waals surface area contributed by atoms with Crippen LogP contribution in [0, 0.1) is 0 Å². The van der Waals surface area contributed by atoms with Crippen LogP contribution in [0.3, 0.4) is 0 Å². The summed E-state index contributed by atoms with van der Waals surface area (Å²) in [6.45, 7) is 0. The quantitative estimate of drug-likeness (QED) is 0.553. The predicted molar refractivity (Wildman–Crippen MR) is 77.5 cm³/mol. The monoisotopic (exact) mass is 262 g/mol. The lowest BCUT2D eigenvalue weighted by molar-refractivity contribution is 1.11. The molecule has 0 spiro atoms. The highest BCUT2D eigenvalue weighted by atomic mass is 16.1. The molecule has 0 aliphatic heterocycles. The van der Waals surface area contributed by atoms with E-state index in [-0.39, 0.29) is 0 Å². The topological polar surface area (TPSA) is 74.4 Å². The minimum absolute atomic E-state index is 0.395. The van der Waals surface area contributed by atoms with Crippen molar-refractivity contribution >= 4 is 21.9 Å². The molecule has 0 amide bonds. The molecule has 0 atom stereocenters. The molecule has 0 radical (unpaired) electrons. The molecule has 5 nitrogen and oxygen atoms in total. The molecule has 0 saturated carbocycles. The first-order valence-corrected chi connectivity index (χ1v) is 6.24. The molecule has 0 fully saturated rings. The molecule has 4 rings (SSSR count). The summed E-state index contributed by atoms with van der Waals surface area (Å²) in [5.74, 6) is 0.723. The fourth-order valence-corrected chi connectivity index (χ4v) is 2.39. The second-order valence-electron chi connectivity index (χ2n) is 4.56. The van der Waals surface area contributed by atoms with Gasteiger partial charge in [0.05, 0.1) is 6.20 Å². The number of benzene rings is 2. The van der Waals surface area contributed by atoms with Crippen LogP contribution in [0.1, 0.15) is 0 Å². The second-order valence-corrected chi connectivity index (χ2v) is 4.56. The van der Waals surface area contributed by atoms with Gasteiger partial charge in [-0.3, -0.25) is 4.98 Å². The summed E-state index contributed by atoms with van der Waals surface area (Å²) in [4.78, 5) is 25.2. The van der Waals surface area contributed by atoms with Gasteiger partial charge in [-0.15, -0.1) is 0 Å². The third kappa shape index (κ3) is 1.60. The normalized spacial score (nSPS) is 11.2. The van der Waals surface area contributed by atoms with Crippen molar-refractivity contribution in [1.82, 2.24) is 19.9 Å². The Balaban J connectivity index is 2.03. The number of fused-ring (bicyclic) bond motifs is 2. The van der Waals surface area contributed by atoms with Gasteiger partial charge < -0.3 is 4.98 Å². The van der Waals surface area contributed by atoms with Crippen LogP contribution in [0.5, 0.6) is 0 Å². The average molecular weight is 262 g/mol. The molecule has 0 aliphatic carbocycles. The number of imidazole rings is 1. The molecule has 2 aromatic carbocycles. The summed E-state index contributed by atoms with van der Waals surface area (Å²) in [6.07, 6.45) is 1.50. The summed E-state index contributed by atoms with van der Waals surface area (Å²) in [7, 11) is 0. The van der Waals surface area contributed by atoms with E-state index < -0.39 is 5.69 Å². The first-order chi connectivity index (χ1) is 9.81. The molecule has 5 heteroatoms. The molecule has 0 bridgehead atoms. The number of hydrogen-bond donors (Lipinski definition) is 2. The highest BCUT2D eigenvalue weighted by Crippen LogP contribution is 2.27. The van der Waals surface area contributed by atoms with Gasteiger partial charge in [-0.1, -0.05) is 42.5 Å². The lowest BCUT2D eigenvalue weighted by Crippen LogP contribution is -2.08. The summed E-state index contributed by atoms with van der Waals surface area (Å²) >= 11 is 0. The van der Waals surface area contributed by atoms with Crippen LogP contribution in [0.15, 0.2) is 53.5 Å². The zero-order valence-electron chi connectivity index (χ0n) is 10.4. The summed E-state index contributed by atoms with van der Waals surface area (Å²) < 4.78 is 0. The van der Waals surface area contributed by atoms with Crippen LogP contribution in [0.25, 0.3) is 33.3 Å². The number of aromatic nitrogens is 4. The highest BCUT2D eigenvalue weighted by Gasteiger charge is 2.09. The van der Waals surface area contributed by atoms with E-state index in [2.05, 4.69) is 38.1 Å². The molecule has 20 heavy (non-hydrogen) atoms. The predicted octanol–water partition coefficient (Wildman–Crippen LogP) is 2.47. The van der Waals surface area contributed by atoms with E-state index in [0.29, 0.717) is 11.2 Å². The molecule has 2 N–H and O–H groups in total. The molecule has 2 heterocycles. The van der Waals surface area contributed by atoms with Gasteiger partial charge >= 0.3 is 5.69 Å². The Morgan fingerprint density at radius 1 is 0.950 bits per heavy atom. The highest BCUT2D eigenvalue weighted by molar-refractivity contribution is 5.96. The lowest BCUT2D eigenvalue weighted by atomic mass is 10.0. The molecule has 0 unspecified atom stereocenters. The first kappa shape index (κ1) is 10.9. The maximum Gasteiger partial charge on any atom is 0.346 e. The van der Waals surface area contributed by atoms with E-state index in [0.717, 1.165) is 22.2 Å². The van der Waals surface area contributed by atoms with Crippen molar-refractivity contribution < 1.29 is 0 Å².